The Kier molecular flexibility index (Phi) is 10.7. The lowest BCUT2D eigenvalue weighted by Gasteiger charge is -2.19. The van der Waals surface area contributed by atoms with Crippen LogP contribution in [0.4, 0.5) is 10.6 Å². The first-order valence-corrected chi connectivity index (χ1v) is 11.0. The van der Waals surface area contributed by atoms with Crippen LogP contribution in [0.3, 0.4) is 0 Å². The number of benzene rings is 1. The van der Waals surface area contributed by atoms with E-state index in [0.29, 0.717) is 28.0 Å². The summed E-state index contributed by atoms with van der Waals surface area (Å²) in [5.41, 5.74) is 1.40. The van der Waals surface area contributed by atoms with Gasteiger partial charge in [-0.1, -0.05) is 29.3 Å². The molecule has 0 saturated carbocycles. The van der Waals surface area contributed by atoms with Gasteiger partial charge in [-0.05, 0) is 49.7 Å². The maximum absolute atomic E-state index is 12.4. The molecule has 33 heavy (non-hydrogen) atoms. The molecule has 1 atom stereocenters. The molecule has 1 aromatic heterocycles. The molecular weight excluding hydrogens is 471 g/mol. The Morgan fingerprint density at radius 2 is 1.82 bits per heavy atom. The van der Waals surface area contributed by atoms with E-state index in [-0.39, 0.29) is 26.2 Å². The average Bonchev–Trinajstić information content (AvgIpc) is 2.74. The van der Waals surface area contributed by atoms with Gasteiger partial charge in [0.05, 0.1) is 25.6 Å². The van der Waals surface area contributed by atoms with E-state index in [4.69, 9.17) is 32.7 Å². The first-order chi connectivity index (χ1) is 15.8. The summed E-state index contributed by atoms with van der Waals surface area (Å²) >= 11 is 12.1. The Hall–Kier alpha value is -3.04. The SMILES string of the molecule is CCOC(=O)CC(NC(=O)CNC(=O)OCCNc1cccc(C)n1)c1cc(Cl)cc(Cl)c1. The molecule has 0 fully saturated rings. The standard InChI is InChI=1S/C22H26Cl2N4O5/c1-3-32-21(30)12-18(15-9-16(23)11-17(24)10-15)28-20(29)13-26-22(31)33-8-7-25-19-6-4-5-14(2)27-19/h4-6,9-11,18H,3,7-8,12-13H2,1-2H3,(H,25,27)(H,26,31)(H,28,29). The molecule has 2 rings (SSSR count). The summed E-state index contributed by atoms with van der Waals surface area (Å²) in [6.07, 6.45) is -0.879. The van der Waals surface area contributed by atoms with Crippen LogP contribution in [0.5, 0.6) is 0 Å². The van der Waals surface area contributed by atoms with Crippen LogP contribution in [0.2, 0.25) is 10.0 Å². The zero-order chi connectivity index (χ0) is 24.2. The van der Waals surface area contributed by atoms with Gasteiger partial charge in [-0.2, -0.15) is 0 Å². The summed E-state index contributed by atoms with van der Waals surface area (Å²) in [6, 6.07) is 9.53. The topological polar surface area (TPSA) is 119 Å². The number of pyridine rings is 1. The van der Waals surface area contributed by atoms with E-state index in [1.807, 2.05) is 19.1 Å². The maximum Gasteiger partial charge on any atom is 0.407 e. The summed E-state index contributed by atoms with van der Waals surface area (Å²) in [5.74, 6) is -0.353. The van der Waals surface area contributed by atoms with E-state index in [0.717, 1.165) is 5.69 Å². The van der Waals surface area contributed by atoms with Gasteiger partial charge in [0.25, 0.3) is 0 Å². The molecule has 0 spiro atoms. The number of carbonyl (C=O) groups is 3. The number of aromatic nitrogens is 1. The summed E-state index contributed by atoms with van der Waals surface area (Å²) < 4.78 is 10.0. The van der Waals surface area contributed by atoms with Crippen LogP contribution in [0.25, 0.3) is 0 Å². The molecule has 0 bridgehead atoms. The summed E-state index contributed by atoms with van der Waals surface area (Å²) in [5, 5.41) is 8.78. The molecule has 0 aliphatic rings. The van der Waals surface area contributed by atoms with Crippen molar-refractivity contribution in [2.24, 2.45) is 0 Å². The zero-order valence-corrected chi connectivity index (χ0v) is 19.8. The fourth-order valence-electron chi connectivity index (χ4n) is 2.83. The third-order valence-electron chi connectivity index (χ3n) is 4.22. The molecule has 2 amide bonds. The smallest absolute Gasteiger partial charge is 0.407 e. The van der Waals surface area contributed by atoms with Gasteiger partial charge in [0.15, 0.2) is 0 Å². The van der Waals surface area contributed by atoms with Crippen LogP contribution in [0.15, 0.2) is 36.4 Å². The van der Waals surface area contributed by atoms with Crippen LogP contribution in [0, 0.1) is 6.92 Å². The number of nitrogens with zero attached hydrogens (tertiary/aromatic N) is 1. The number of nitrogens with one attached hydrogen (secondary N) is 3. The number of hydrogen-bond acceptors (Lipinski definition) is 7. The van der Waals surface area contributed by atoms with Gasteiger partial charge in [-0.3, -0.25) is 9.59 Å². The van der Waals surface area contributed by atoms with Crippen molar-refractivity contribution in [1.82, 2.24) is 15.6 Å². The predicted molar refractivity (Wildman–Crippen MR) is 125 cm³/mol. The van der Waals surface area contributed by atoms with Crippen molar-refractivity contribution in [3.63, 3.8) is 0 Å². The number of aryl methyl sites for hydroxylation is 1. The number of amides is 2. The van der Waals surface area contributed by atoms with Gasteiger partial charge in [0, 0.05) is 15.7 Å². The van der Waals surface area contributed by atoms with Crippen LogP contribution >= 0.6 is 23.2 Å². The third kappa shape index (κ3) is 9.97. The van der Waals surface area contributed by atoms with Gasteiger partial charge >= 0.3 is 12.1 Å². The number of ether oxygens (including phenoxy) is 2. The number of halogens is 2. The molecule has 9 nitrogen and oxygen atoms in total. The van der Waals surface area contributed by atoms with Crippen molar-refractivity contribution in [2.45, 2.75) is 26.3 Å². The van der Waals surface area contributed by atoms with Gasteiger partial charge in [-0.25, -0.2) is 9.78 Å². The van der Waals surface area contributed by atoms with Gasteiger partial charge in [0.1, 0.15) is 19.0 Å². The second-order valence-electron chi connectivity index (χ2n) is 6.91. The summed E-state index contributed by atoms with van der Waals surface area (Å²) in [4.78, 5) is 40.5. The van der Waals surface area contributed by atoms with Gasteiger partial charge < -0.3 is 25.4 Å². The first kappa shape index (κ1) is 26.2. The minimum absolute atomic E-state index is 0.0789. The molecule has 0 aliphatic carbocycles. The quantitative estimate of drug-likeness (QED) is 0.320. The molecular formula is C22H26Cl2N4O5. The van der Waals surface area contributed by atoms with E-state index in [9.17, 15) is 14.4 Å². The number of alkyl carbamates (subject to hydrolysis) is 1. The number of anilines is 1. The molecule has 2 aromatic rings. The lowest BCUT2D eigenvalue weighted by molar-refractivity contribution is -0.143. The number of carbonyl (C=O) groups excluding carboxylic acids is 3. The van der Waals surface area contributed by atoms with Crippen molar-refractivity contribution in [2.75, 3.05) is 31.6 Å². The Bertz CT molecular complexity index is 953. The van der Waals surface area contributed by atoms with E-state index in [1.165, 1.54) is 6.07 Å². The normalized spacial score (nSPS) is 11.3. The lowest BCUT2D eigenvalue weighted by Crippen LogP contribution is -2.39. The monoisotopic (exact) mass is 496 g/mol. The molecule has 0 radical (unpaired) electrons. The third-order valence-corrected chi connectivity index (χ3v) is 4.66. The zero-order valence-electron chi connectivity index (χ0n) is 18.3. The molecule has 1 aromatic carbocycles. The van der Waals surface area contributed by atoms with E-state index < -0.39 is 24.0 Å². The summed E-state index contributed by atoms with van der Waals surface area (Å²) in [6.45, 7) is 3.85. The van der Waals surface area contributed by atoms with Gasteiger partial charge in [0.2, 0.25) is 5.91 Å². The molecule has 0 aliphatic heterocycles. The number of rotatable bonds is 11. The van der Waals surface area contributed by atoms with Crippen molar-refractivity contribution in [1.29, 1.82) is 0 Å². The van der Waals surface area contributed by atoms with Crippen molar-refractivity contribution >= 4 is 47.0 Å². The Labute approximate surface area is 202 Å². The lowest BCUT2D eigenvalue weighted by atomic mass is 10.0. The molecule has 11 heteroatoms. The highest BCUT2D eigenvalue weighted by Crippen LogP contribution is 2.25. The molecule has 1 heterocycles. The second kappa shape index (κ2) is 13.5. The fourth-order valence-corrected chi connectivity index (χ4v) is 3.37. The minimum Gasteiger partial charge on any atom is -0.466 e. The largest absolute Gasteiger partial charge is 0.466 e. The number of esters is 1. The highest BCUT2D eigenvalue weighted by molar-refractivity contribution is 6.34. The fraction of sp³-hybridized carbons (Fsp3) is 0.364. The van der Waals surface area contributed by atoms with Crippen LogP contribution in [-0.2, 0) is 19.1 Å². The van der Waals surface area contributed by atoms with Crippen LogP contribution in [0.1, 0.15) is 30.6 Å². The van der Waals surface area contributed by atoms with Crippen LogP contribution in [-0.4, -0.2) is 49.3 Å². The highest BCUT2D eigenvalue weighted by atomic mass is 35.5. The van der Waals surface area contributed by atoms with E-state index >= 15 is 0 Å². The maximum atomic E-state index is 12.4. The second-order valence-corrected chi connectivity index (χ2v) is 7.79. The van der Waals surface area contributed by atoms with Crippen LogP contribution < -0.4 is 16.0 Å². The Balaban J connectivity index is 1.81. The average molecular weight is 497 g/mol. The Morgan fingerprint density at radius 3 is 2.48 bits per heavy atom. The van der Waals surface area contributed by atoms with Crippen molar-refractivity contribution in [3.8, 4) is 0 Å². The molecule has 3 N–H and O–H groups in total. The first-order valence-electron chi connectivity index (χ1n) is 10.3. The highest BCUT2D eigenvalue weighted by Gasteiger charge is 2.20. The van der Waals surface area contributed by atoms with Gasteiger partial charge in [-0.15, -0.1) is 0 Å². The predicted octanol–water partition coefficient (Wildman–Crippen LogP) is 3.65. The molecule has 178 valence electrons. The van der Waals surface area contributed by atoms with Crippen molar-refractivity contribution in [3.05, 3.63) is 57.7 Å². The van der Waals surface area contributed by atoms with E-state index in [1.54, 1.807) is 25.1 Å². The van der Waals surface area contributed by atoms with E-state index in [2.05, 4.69) is 20.9 Å². The van der Waals surface area contributed by atoms with Crippen molar-refractivity contribution < 1.29 is 23.9 Å². The molecule has 0 saturated heterocycles. The number of hydrogen-bond donors (Lipinski definition) is 3. The summed E-state index contributed by atoms with van der Waals surface area (Å²) in [7, 11) is 0. The Morgan fingerprint density at radius 1 is 1.09 bits per heavy atom. The minimum atomic E-state index is -0.753. The molecule has 1 unspecified atom stereocenters.